The minimum absolute atomic E-state index is 0.0820. The Kier molecular flexibility index (Phi) is 4.70. The highest BCUT2D eigenvalue weighted by Crippen LogP contribution is 2.34. The monoisotopic (exact) mass is 307 g/mol. The number of ether oxygens (including phenoxy) is 1. The normalized spacial score (nSPS) is 29.2. The van der Waals surface area contributed by atoms with Crippen LogP contribution in [0.3, 0.4) is 0 Å². The van der Waals surface area contributed by atoms with Gasteiger partial charge < -0.3 is 15.2 Å². The van der Waals surface area contributed by atoms with Gasteiger partial charge in [-0.15, -0.1) is 0 Å². The summed E-state index contributed by atoms with van der Waals surface area (Å²) in [6.45, 7) is 0.535. The van der Waals surface area contributed by atoms with Crippen LogP contribution in [0.1, 0.15) is 30.9 Å². The fraction of sp³-hybridized carbons (Fsp3) is 0.562. The van der Waals surface area contributed by atoms with E-state index < -0.39 is 5.97 Å². The number of nitrogens with one attached hydrogen (secondary N) is 1. The third kappa shape index (κ3) is 3.52. The summed E-state index contributed by atoms with van der Waals surface area (Å²) in [5.41, 5.74) is 1.09. The number of hydrogen-bond donors (Lipinski definition) is 2. The Bertz CT molecular complexity index is 502. The molecule has 2 aliphatic rings. The highest BCUT2D eigenvalue weighted by atomic mass is 32.2. The molecule has 114 valence electrons. The third-order valence-electron chi connectivity index (χ3n) is 4.19. The van der Waals surface area contributed by atoms with Crippen LogP contribution in [0, 0.1) is 5.92 Å². The molecule has 0 aliphatic carbocycles. The molecule has 0 bridgehead atoms. The van der Waals surface area contributed by atoms with Crippen LogP contribution in [0.5, 0.6) is 5.75 Å². The smallest absolute Gasteiger partial charge is 0.307 e. The Balaban J connectivity index is 1.72. The zero-order valence-corrected chi connectivity index (χ0v) is 12.8. The molecule has 0 amide bonds. The number of carboxylic acids is 1. The molecule has 2 N–H and O–H groups in total. The number of rotatable bonds is 4. The first-order valence-electron chi connectivity index (χ1n) is 7.53. The van der Waals surface area contributed by atoms with E-state index in [0.717, 1.165) is 23.5 Å². The van der Waals surface area contributed by atoms with Gasteiger partial charge in [-0.3, -0.25) is 4.79 Å². The first kappa shape index (κ1) is 14.7. The molecule has 2 saturated heterocycles. The minimum Gasteiger partial charge on any atom is -0.489 e. The number of benzene rings is 1. The van der Waals surface area contributed by atoms with Crippen LogP contribution in [-0.2, 0) is 4.79 Å². The molecular formula is C16H21NO3S. The lowest BCUT2D eigenvalue weighted by molar-refractivity contribution is -0.141. The molecule has 1 aromatic rings. The second-order valence-electron chi connectivity index (χ2n) is 5.73. The summed E-state index contributed by atoms with van der Waals surface area (Å²) in [4.78, 5) is 11.1. The summed E-state index contributed by atoms with van der Waals surface area (Å²) in [7, 11) is 0. The Labute approximate surface area is 129 Å². The number of carbonyl (C=O) groups is 1. The van der Waals surface area contributed by atoms with Crippen molar-refractivity contribution in [1.82, 2.24) is 5.32 Å². The molecule has 3 rings (SSSR count). The average molecular weight is 307 g/mol. The second-order valence-corrected chi connectivity index (χ2v) is 6.88. The molecular weight excluding hydrogens is 286 g/mol. The molecule has 21 heavy (non-hydrogen) atoms. The summed E-state index contributed by atoms with van der Waals surface area (Å²) < 4.78 is 6.19. The van der Waals surface area contributed by atoms with E-state index in [1.807, 2.05) is 36.0 Å². The number of hydrogen-bond acceptors (Lipinski definition) is 4. The van der Waals surface area contributed by atoms with Crippen molar-refractivity contribution >= 4 is 17.7 Å². The molecule has 3 atom stereocenters. The maximum Gasteiger partial charge on any atom is 0.307 e. The summed E-state index contributed by atoms with van der Waals surface area (Å²) in [5, 5.41) is 12.5. The number of thioether (sulfide) groups is 1. The summed E-state index contributed by atoms with van der Waals surface area (Å²) >= 11 is 1.95. The summed E-state index contributed by atoms with van der Waals surface area (Å²) in [5.74, 6) is 2.17. The number of carboxylic acid groups (broad SMARTS) is 1. The Hall–Kier alpha value is -1.20. The van der Waals surface area contributed by atoms with Crippen molar-refractivity contribution in [3.05, 3.63) is 29.8 Å². The highest BCUT2D eigenvalue weighted by molar-refractivity contribution is 7.99. The zero-order valence-electron chi connectivity index (χ0n) is 12.0. The maximum atomic E-state index is 11.1. The minimum atomic E-state index is -0.716. The van der Waals surface area contributed by atoms with Gasteiger partial charge in [0.15, 0.2) is 0 Å². The molecule has 2 heterocycles. The van der Waals surface area contributed by atoms with Crippen LogP contribution in [0.2, 0.25) is 0 Å². The van der Waals surface area contributed by atoms with Gasteiger partial charge in [-0.25, -0.2) is 0 Å². The molecule has 0 radical (unpaired) electrons. The molecule has 5 heteroatoms. The first-order chi connectivity index (χ1) is 10.2. The predicted octanol–water partition coefficient (Wildman–Crippen LogP) is 2.70. The SMILES string of the molecule is O=C(O)C1CNC(c2ccccc2OC2CCCSC2)C1. The van der Waals surface area contributed by atoms with E-state index in [0.29, 0.717) is 13.0 Å². The van der Waals surface area contributed by atoms with Gasteiger partial charge in [-0.2, -0.15) is 11.8 Å². The fourth-order valence-corrected chi connectivity index (χ4v) is 4.06. The van der Waals surface area contributed by atoms with Crippen LogP contribution in [0.25, 0.3) is 0 Å². The van der Waals surface area contributed by atoms with E-state index >= 15 is 0 Å². The second kappa shape index (κ2) is 6.71. The van der Waals surface area contributed by atoms with Crippen molar-refractivity contribution in [2.45, 2.75) is 31.4 Å². The summed E-state index contributed by atoms with van der Waals surface area (Å²) in [6.07, 6.45) is 3.23. The van der Waals surface area contributed by atoms with Crippen LogP contribution >= 0.6 is 11.8 Å². The quantitative estimate of drug-likeness (QED) is 0.895. The van der Waals surface area contributed by atoms with E-state index in [1.54, 1.807) is 0 Å². The zero-order chi connectivity index (χ0) is 14.7. The van der Waals surface area contributed by atoms with Crippen LogP contribution in [0.15, 0.2) is 24.3 Å². The van der Waals surface area contributed by atoms with Gasteiger partial charge in [-0.1, -0.05) is 18.2 Å². The standard InChI is InChI=1S/C16H21NO3S/c18-16(19)11-8-14(17-9-11)13-5-1-2-6-15(13)20-12-4-3-7-21-10-12/h1-2,5-6,11-12,14,17H,3-4,7-10H2,(H,18,19). The number of para-hydroxylation sites is 1. The molecule has 0 aromatic heterocycles. The van der Waals surface area contributed by atoms with Gasteiger partial charge in [0, 0.05) is 23.9 Å². The predicted molar refractivity (Wildman–Crippen MR) is 83.9 cm³/mol. The molecule has 1 aromatic carbocycles. The topological polar surface area (TPSA) is 58.6 Å². The van der Waals surface area contributed by atoms with Gasteiger partial charge in [0.05, 0.1) is 5.92 Å². The molecule has 2 fully saturated rings. The molecule has 0 saturated carbocycles. The van der Waals surface area contributed by atoms with Gasteiger partial charge in [-0.05, 0) is 31.1 Å². The number of aliphatic carboxylic acids is 1. The molecule has 0 spiro atoms. The molecule has 3 unspecified atom stereocenters. The van der Waals surface area contributed by atoms with Gasteiger partial charge in [0.25, 0.3) is 0 Å². The van der Waals surface area contributed by atoms with E-state index in [2.05, 4.69) is 5.32 Å². The van der Waals surface area contributed by atoms with E-state index in [4.69, 9.17) is 9.84 Å². The maximum absolute atomic E-state index is 11.1. The van der Waals surface area contributed by atoms with Crippen LogP contribution in [-0.4, -0.2) is 35.2 Å². The van der Waals surface area contributed by atoms with Gasteiger partial charge in [0.2, 0.25) is 0 Å². The lowest BCUT2D eigenvalue weighted by Crippen LogP contribution is -2.24. The Morgan fingerprint density at radius 3 is 2.95 bits per heavy atom. The Morgan fingerprint density at radius 1 is 1.38 bits per heavy atom. The highest BCUT2D eigenvalue weighted by Gasteiger charge is 2.31. The lowest BCUT2D eigenvalue weighted by atomic mass is 9.99. The lowest BCUT2D eigenvalue weighted by Gasteiger charge is -2.25. The van der Waals surface area contributed by atoms with Crippen molar-refractivity contribution in [1.29, 1.82) is 0 Å². The van der Waals surface area contributed by atoms with Crippen molar-refractivity contribution < 1.29 is 14.6 Å². The van der Waals surface area contributed by atoms with Crippen molar-refractivity contribution in [3.63, 3.8) is 0 Å². The third-order valence-corrected chi connectivity index (χ3v) is 5.37. The van der Waals surface area contributed by atoms with E-state index in [1.165, 1.54) is 12.2 Å². The van der Waals surface area contributed by atoms with Crippen LogP contribution in [0.4, 0.5) is 0 Å². The van der Waals surface area contributed by atoms with Crippen molar-refractivity contribution in [2.24, 2.45) is 5.92 Å². The fourth-order valence-electron chi connectivity index (χ4n) is 3.02. The van der Waals surface area contributed by atoms with E-state index in [9.17, 15) is 4.79 Å². The summed E-state index contributed by atoms with van der Waals surface area (Å²) in [6, 6.07) is 8.11. The van der Waals surface area contributed by atoms with E-state index in [-0.39, 0.29) is 18.1 Å². The van der Waals surface area contributed by atoms with Gasteiger partial charge >= 0.3 is 5.97 Å². The van der Waals surface area contributed by atoms with Crippen molar-refractivity contribution in [2.75, 3.05) is 18.1 Å². The molecule has 4 nitrogen and oxygen atoms in total. The average Bonchev–Trinajstić information content (AvgIpc) is 2.99. The largest absolute Gasteiger partial charge is 0.489 e. The Morgan fingerprint density at radius 2 is 2.24 bits per heavy atom. The van der Waals surface area contributed by atoms with Crippen molar-refractivity contribution in [3.8, 4) is 5.75 Å². The first-order valence-corrected chi connectivity index (χ1v) is 8.69. The van der Waals surface area contributed by atoms with Crippen LogP contribution < -0.4 is 10.1 Å². The van der Waals surface area contributed by atoms with Gasteiger partial charge in [0.1, 0.15) is 11.9 Å². The molecule has 2 aliphatic heterocycles.